The Hall–Kier alpha value is -2.11. The molecule has 3 atom stereocenters. The molecule has 2 aromatic rings. The van der Waals surface area contributed by atoms with E-state index in [4.69, 9.17) is 18.6 Å². The Bertz CT molecular complexity index is 734. The molecule has 0 N–H and O–H groups in total. The quantitative estimate of drug-likeness (QED) is 0.711. The van der Waals surface area contributed by atoms with Crippen LogP contribution in [0.1, 0.15) is 56.1 Å². The number of carbonyl (C=O) groups excluding carboxylic acids is 1. The van der Waals surface area contributed by atoms with Crippen LogP contribution < -0.4 is 0 Å². The molecule has 0 bridgehead atoms. The third kappa shape index (κ3) is 4.17. The molecule has 5 nitrogen and oxygen atoms in total. The molecule has 0 spiro atoms. The molecule has 0 aliphatic carbocycles. The van der Waals surface area contributed by atoms with E-state index >= 15 is 0 Å². The van der Waals surface area contributed by atoms with Crippen LogP contribution in [0.3, 0.4) is 0 Å². The number of furan rings is 1. The van der Waals surface area contributed by atoms with Crippen LogP contribution in [0.4, 0.5) is 0 Å². The van der Waals surface area contributed by atoms with Crippen LogP contribution in [0.25, 0.3) is 0 Å². The summed E-state index contributed by atoms with van der Waals surface area (Å²) in [6.07, 6.45) is 1.33. The maximum atomic E-state index is 12.9. The summed E-state index contributed by atoms with van der Waals surface area (Å²) in [6, 6.07) is 11.6. The zero-order valence-electron chi connectivity index (χ0n) is 15.7. The lowest BCUT2D eigenvalue weighted by molar-refractivity contribution is -0.173. The minimum absolute atomic E-state index is 0.268. The van der Waals surface area contributed by atoms with Crippen LogP contribution in [0.5, 0.6) is 0 Å². The van der Waals surface area contributed by atoms with Crippen molar-refractivity contribution in [2.75, 3.05) is 6.61 Å². The number of esters is 1. The molecule has 2 heterocycles. The molecule has 140 valence electrons. The molecule has 1 fully saturated rings. The Morgan fingerprint density at radius 2 is 2.00 bits per heavy atom. The smallest absolute Gasteiger partial charge is 0.314 e. The molecule has 26 heavy (non-hydrogen) atoms. The van der Waals surface area contributed by atoms with Crippen LogP contribution in [-0.4, -0.2) is 24.5 Å². The van der Waals surface area contributed by atoms with E-state index in [9.17, 15) is 4.79 Å². The molecule has 0 radical (unpaired) electrons. The minimum Gasteiger partial charge on any atom is -0.469 e. The molecular formula is C21H26O5. The highest BCUT2D eigenvalue weighted by atomic mass is 16.8. The fourth-order valence-corrected chi connectivity index (χ4v) is 3.27. The summed E-state index contributed by atoms with van der Waals surface area (Å²) in [7, 11) is 0. The van der Waals surface area contributed by atoms with Gasteiger partial charge in [0.15, 0.2) is 11.9 Å². The van der Waals surface area contributed by atoms with E-state index in [1.165, 1.54) is 0 Å². The predicted octanol–water partition coefficient (Wildman–Crippen LogP) is 4.52. The fourth-order valence-electron chi connectivity index (χ4n) is 3.27. The van der Waals surface area contributed by atoms with E-state index in [1.54, 1.807) is 6.26 Å². The summed E-state index contributed by atoms with van der Waals surface area (Å²) in [5, 5.41) is 0. The van der Waals surface area contributed by atoms with Crippen LogP contribution >= 0.6 is 0 Å². The standard InChI is InChI=1S/C21H26O5/c1-5-17(15-9-7-6-8-10-15)20(22)25-19(16-11-14(2)23-12-16)18-13-24-21(3,4)26-18/h6-12,17-19H,5,13H2,1-4H3/t17-,18+,19+/m0/s1. The van der Waals surface area contributed by atoms with E-state index in [1.807, 2.05) is 64.1 Å². The SMILES string of the molecule is CC[C@H](C(=O)O[C@H](c1coc(C)c1)[C@H]1COC(C)(C)O1)c1ccccc1. The fraction of sp³-hybridized carbons (Fsp3) is 0.476. The molecule has 1 saturated heterocycles. The van der Waals surface area contributed by atoms with E-state index in [-0.39, 0.29) is 18.0 Å². The lowest BCUT2D eigenvalue weighted by Crippen LogP contribution is -2.30. The van der Waals surface area contributed by atoms with Gasteiger partial charge < -0.3 is 18.6 Å². The van der Waals surface area contributed by atoms with Gasteiger partial charge >= 0.3 is 5.97 Å². The number of carbonyl (C=O) groups is 1. The minimum atomic E-state index is -0.697. The van der Waals surface area contributed by atoms with Gasteiger partial charge in [0, 0.05) is 5.56 Å². The van der Waals surface area contributed by atoms with Gasteiger partial charge in [-0.25, -0.2) is 0 Å². The number of hydrogen-bond acceptors (Lipinski definition) is 5. The van der Waals surface area contributed by atoms with Crippen LogP contribution in [-0.2, 0) is 19.0 Å². The second-order valence-electron chi connectivity index (χ2n) is 7.09. The van der Waals surface area contributed by atoms with Crippen molar-refractivity contribution in [3.8, 4) is 0 Å². The molecule has 3 rings (SSSR count). The normalized spacial score (nSPS) is 21.3. The molecule has 0 unspecified atom stereocenters. The first-order valence-corrected chi connectivity index (χ1v) is 9.02. The van der Waals surface area contributed by atoms with Gasteiger partial charge in [-0.1, -0.05) is 37.3 Å². The Morgan fingerprint density at radius 1 is 1.27 bits per heavy atom. The van der Waals surface area contributed by atoms with Crippen molar-refractivity contribution in [1.29, 1.82) is 0 Å². The van der Waals surface area contributed by atoms with Crippen LogP contribution in [0.15, 0.2) is 47.1 Å². The molecule has 1 aromatic carbocycles. The van der Waals surface area contributed by atoms with Crippen LogP contribution in [0.2, 0.25) is 0 Å². The highest BCUT2D eigenvalue weighted by molar-refractivity contribution is 5.78. The topological polar surface area (TPSA) is 57.9 Å². The first kappa shape index (κ1) is 18.7. The van der Waals surface area contributed by atoms with Crippen molar-refractivity contribution in [1.82, 2.24) is 0 Å². The first-order valence-electron chi connectivity index (χ1n) is 9.02. The zero-order chi connectivity index (χ0) is 18.7. The average molecular weight is 358 g/mol. The molecule has 0 amide bonds. The Balaban J connectivity index is 1.82. The summed E-state index contributed by atoms with van der Waals surface area (Å²) in [5.41, 5.74) is 1.73. The number of rotatable bonds is 6. The molecule has 0 saturated carbocycles. The van der Waals surface area contributed by atoms with Gasteiger partial charge in [0.1, 0.15) is 11.9 Å². The maximum Gasteiger partial charge on any atom is 0.314 e. The molecular weight excluding hydrogens is 332 g/mol. The van der Waals surface area contributed by atoms with Gasteiger partial charge in [-0.3, -0.25) is 4.79 Å². The lowest BCUT2D eigenvalue weighted by Gasteiger charge is -2.25. The summed E-state index contributed by atoms with van der Waals surface area (Å²) in [5.74, 6) is -0.523. The maximum absolute atomic E-state index is 12.9. The lowest BCUT2D eigenvalue weighted by atomic mass is 9.96. The van der Waals surface area contributed by atoms with E-state index in [0.29, 0.717) is 13.0 Å². The third-order valence-electron chi connectivity index (χ3n) is 4.59. The third-order valence-corrected chi connectivity index (χ3v) is 4.59. The van der Waals surface area contributed by atoms with Crippen molar-refractivity contribution in [2.24, 2.45) is 0 Å². The van der Waals surface area contributed by atoms with Crippen molar-refractivity contribution < 1.29 is 23.4 Å². The van der Waals surface area contributed by atoms with Crippen molar-refractivity contribution >= 4 is 5.97 Å². The van der Waals surface area contributed by atoms with Gasteiger partial charge in [0.25, 0.3) is 0 Å². The van der Waals surface area contributed by atoms with Crippen molar-refractivity contribution in [3.05, 3.63) is 59.5 Å². The van der Waals surface area contributed by atoms with E-state index in [0.717, 1.165) is 16.9 Å². The molecule has 1 aliphatic heterocycles. The Kier molecular flexibility index (Phi) is 5.49. The van der Waals surface area contributed by atoms with Crippen molar-refractivity contribution in [2.45, 2.75) is 58.0 Å². The predicted molar refractivity (Wildman–Crippen MR) is 96.7 cm³/mol. The second-order valence-corrected chi connectivity index (χ2v) is 7.09. The first-order chi connectivity index (χ1) is 12.4. The number of ether oxygens (including phenoxy) is 3. The van der Waals surface area contributed by atoms with Crippen LogP contribution in [0, 0.1) is 6.92 Å². The van der Waals surface area contributed by atoms with Gasteiger partial charge in [0.05, 0.1) is 18.8 Å². The summed E-state index contributed by atoms with van der Waals surface area (Å²) >= 11 is 0. The van der Waals surface area contributed by atoms with Gasteiger partial charge in [0.2, 0.25) is 0 Å². The Morgan fingerprint density at radius 3 is 2.54 bits per heavy atom. The van der Waals surface area contributed by atoms with Gasteiger partial charge in [-0.2, -0.15) is 0 Å². The summed E-state index contributed by atoms with van der Waals surface area (Å²) in [6.45, 7) is 7.90. The monoisotopic (exact) mass is 358 g/mol. The zero-order valence-corrected chi connectivity index (χ0v) is 15.7. The van der Waals surface area contributed by atoms with Gasteiger partial charge in [-0.05, 0) is 38.8 Å². The number of benzene rings is 1. The molecule has 1 aliphatic rings. The number of hydrogen-bond donors (Lipinski definition) is 0. The second kappa shape index (κ2) is 7.64. The largest absolute Gasteiger partial charge is 0.469 e. The number of aryl methyl sites for hydroxylation is 1. The molecule has 5 heteroatoms. The highest BCUT2D eigenvalue weighted by Gasteiger charge is 2.41. The summed E-state index contributed by atoms with van der Waals surface area (Å²) < 4.78 is 23.0. The average Bonchev–Trinajstić information content (AvgIpc) is 3.19. The summed E-state index contributed by atoms with van der Waals surface area (Å²) in [4.78, 5) is 12.9. The highest BCUT2D eigenvalue weighted by Crippen LogP contribution is 2.35. The Labute approximate surface area is 154 Å². The van der Waals surface area contributed by atoms with Crippen molar-refractivity contribution in [3.63, 3.8) is 0 Å². The van der Waals surface area contributed by atoms with E-state index in [2.05, 4.69) is 0 Å². The van der Waals surface area contributed by atoms with E-state index < -0.39 is 11.9 Å². The molecule has 1 aromatic heterocycles. The van der Waals surface area contributed by atoms with Gasteiger partial charge in [-0.15, -0.1) is 0 Å².